The van der Waals surface area contributed by atoms with Crippen LogP contribution in [0.1, 0.15) is 11.7 Å². The molecule has 0 amide bonds. The molecule has 1 saturated carbocycles. The first-order valence-corrected chi connectivity index (χ1v) is 11.7. The van der Waals surface area contributed by atoms with Crippen molar-refractivity contribution in [3.05, 3.63) is 65.8 Å². The molecular weight excluding hydrogens is 424 g/mol. The number of aliphatic hydroxyl groups is 1. The van der Waals surface area contributed by atoms with Gasteiger partial charge < -0.3 is 19.9 Å². The Bertz CT molecular complexity index is 1120. The molecule has 8 nitrogen and oxygen atoms in total. The molecular formula is C23H26N6O2S. The summed E-state index contributed by atoms with van der Waals surface area (Å²) in [5.41, 5.74) is 4.79. The molecule has 1 aliphatic carbocycles. The van der Waals surface area contributed by atoms with E-state index in [0.29, 0.717) is 35.8 Å². The fraction of sp³-hybridized carbons (Fsp3) is 0.391. The molecule has 1 aromatic carbocycles. The smallest absolute Gasteiger partial charge is 0.232 e. The minimum absolute atomic E-state index is 0.461. The fourth-order valence-corrected chi connectivity index (χ4v) is 5.66. The number of methoxy groups -OCH3 is 1. The highest BCUT2D eigenvalue weighted by Crippen LogP contribution is 2.46. The second kappa shape index (κ2) is 8.08. The van der Waals surface area contributed by atoms with Crippen LogP contribution in [0.15, 0.2) is 60.2 Å². The molecule has 4 atom stereocenters. The molecule has 0 spiro atoms. The van der Waals surface area contributed by atoms with Crippen molar-refractivity contribution in [1.29, 1.82) is 0 Å². The van der Waals surface area contributed by atoms with E-state index >= 15 is 0 Å². The Morgan fingerprint density at radius 3 is 3.06 bits per heavy atom. The summed E-state index contributed by atoms with van der Waals surface area (Å²) in [5, 5.41) is 14.7. The molecule has 32 heavy (non-hydrogen) atoms. The lowest BCUT2D eigenvalue weighted by molar-refractivity contribution is 0.119. The van der Waals surface area contributed by atoms with Gasteiger partial charge in [-0.3, -0.25) is 9.21 Å². The predicted molar refractivity (Wildman–Crippen MR) is 124 cm³/mol. The van der Waals surface area contributed by atoms with Gasteiger partial charge in [0.05, 0.1) is 48.3 Å². The average molecular weight is 451 g/mol. The highest BCUT2D eigenvalue weighted by molar-refractivity contribution is 7.95. The van der Waals surface area contributed by atoms with Gasteiger partial charge in [-0.15, -0.1) is 0 Å². The lowest BCUT2D eigenvalue weighted by Gasteiger charge is -2.24. The monoisotopic (exact) mass is 450 g/mol. The van der Waals surface area contributed by atoms with Crippen LogP contribution >= 0.6 is 12.1 Å². The summed E-state index contributed by atoms with van der Waals surface area (Å²) in [5.74, 6) is 1.80. The fourth-order valence-electron chi connectivity index (χ4n) is 5.04. The van der Waals surface area contributed by atoms with Crippen LogP contribution in [0.3, 0.4) is 0 Å². The third-order valence-corrected chi connectivity index (χ3v) is 7.51. The number of aromatic nitrogens is 2. The van der Waals surface area contributed by atoms with E-state index in [1.807, 2.05) is 24.4 Å². The molecule has 1 saturated heterocycles. The zero-order valence-electron chi connectivity index (χ0n) is 17.8. The molecule has 2 aromatic rings. The Balaban J connectivity index is 1.04. The quantitative estimate of drug-likeness (QED) is 0.548. The molecule has 1 aromatic heterocycles. The van der Waals surface area contributed by atoms with Crippen molar-refractivity contribution in [2.45, 2.75) is 12.1 Å². The van der Waals surface area contributed by atoms with Gasteiger partial charge in [0, 0.05) is 50.2 Å². The number of benzene rings is 1. The van der Waals surface area contributed by atoms with Crippen molar-refractivity contribution in [3.8, 4) is 5.88 Å². The van der Waals surface area contributed by atoms with Crippen molar-refractivity contribution in [2.24, 2.45) is 11.8 Å². The van der Waals surface area contributed by atoms with Crippen LogP contribution < -0.4 is 14.8 Å². The summed E-state index contributed by atoms with van der Waals surface area (Å²) in [6.45, 7) is 3.55. The number of nitrogens with one attached hydrogen (secondary N) is 2. The highest BCUT2D eigenvalue weighted by atomic mass is 32.2. The van der Waals surface area contributed by atoms with Crippen molar-refractivity contribution >= 4 is 23.2 Å². The van der Waals surface area contributed by atoms with Crippen LogP contribution in [0.25, 0.3) is 11.0 Å². The standard InChI is InChI=1S/C23H26N6O2S/c1-31-21-10-24-19-4-2-3-16(23(19)27-21)20(30)13-28-11-17-18(12-28)22(17)25-8-14-5-6-29-15(7-14)9-26-32-29/h2-7,9-10,17-18,20,22,25-26,30H,8,11-13H2,1H3/t17-,18?,20+,22?/m1/s1. The first-order valence-electron chi connectivity index (χ1n) is 10.9. The number of allylic oxidation sites excluding steroid dienone is 1. The number of nitrogens with zero attached hydrogens (tertiary/aromatic N) is 4. The van der Waals surface area contributed by atoms with Gasteiger partial charge in [-0.2, -0.15) is 0 Å². The van der Waals surface area contributed by atoms with E-state index in [0.717, 1.165) is 30.7 Å². The molecule has 3 N–H and O–H groups in total. The van der Waals surface area contributed by atoms with Gasteiger partial charge in [0.25, 0.3) is 0 Å². The molecule has 4 heterocycles. The van der Waals surface area contributed by atoms with Gasteiger partial charge in [0.2, 0.25) is 5.88 Å². The lowest BCUT2D eigenvalue weighted by Crippen LogP contribution is -2.34. The zero-order chi connectivity index (χ0) is 21.7. The maximum Gasteiger partial charge on any atom is 0.232 e. The molecule has 166 valence electrons. The Labute approximate surface area is 191 Å². The van der Waals surface area contributed by atoms with Crippen molar-refractivity contribution in [2.75, 3.05) is 33.3 Å². The number of aliphatic hydroxyl groups excluding tert-OH is 1. The summed E-state index contributed by atoms with van der Waals surface area (Å²) in [4.78, 5) is 11.3. The summed E-state index contributed by atoms with van der Waals surface area (Å²) in [7, 11) is 1.58. The SMILES string of the molecule is COc1cnc2cccc([C@@H](O)CN3CC4C(NCC5=CC6=CNSN6C=C5)[C@@H]4C3)c2n1. The first-order chi connectivity index (χ1) is 15.7. The number of rotatable bonds is 7. The second-order valence-electron chi connectivity index (χ2n) is 8.74. The van der Waals surface area contributed by atoms with Gasteiger partial charge in [-0.05, 0) is 35.6 Å². The van der Waals surface area contributed by atoms with E-state index in [-0.39, 0.29) is 0 Å². The summed E-state index contributed by atoms with van der Waals surface area (Å²) in [6, 6.07) is 6.34. The number of para-hydroxylation sites is 1. The Hall–Kier alpha value is -2.59. The molecule has 9 heteroatoms. The number of fused-ring (bicyclic) bond motifs is 3. The number of hydrogen-bond donors (Lipinski definition) is 3. The van der Waals surface area contributed by atoms with Crippen LogP contribution in [0.5, 0.6) is 5.88 Å². The largest absolute Gasteiger partial charge is 0.480 e. The van der Waals surface area contributed by atoms with E-state index in [9.17, 15) is 5.11 Å². The van der Waals surface area contributed by atoms with Crippen LogP contribution in [-0.4, -0.2) is 63.6 Å². The summed E-state index contributed by atoms with van der Waals surface area (Å²) >= 11 is 1.58. The maximum atomic E-state index is 11.0. The van der Waals surface area contributed by atoms with Crippen molar-refractivity contribution in [1.82, 2.24) is 29.2 Å². The Morgan fingerprint density at radius 2 is 2.22 bits per heavy atom. The van der Waals surface area contributed by atoms with Crippen LogP contribution in [0.2, 0.25) is 0 Å². The number of piperidine rings is 1. The highest BCUT2D eigenvalue weighted by Gasteiger charge is 2.55. The third kappa shape index (κ3) is 3.65. The van der Waals surface area contributed by atoms with E-state index in [4.69, 9.17) is 4.74 Å². The summed E-state index contributed by atoms with van der Waals surface area (Å²) in [6.07, 6.45) is 9.54. The second-order valence-corrected chi connectivity index (χ2v) is 9.55. The van der Waals surface area contributed by atoms with Crippen LogP contribution in [-0.2, 0) is 0 Å². The van der Waals surface area contributed by atoms with Gasteiger partial charge in [0.1, 0.15) is 0 Å². The lowest BCUT2D eigenvalue weighted by atomic mass is 10.1. The molecule has 2 unspecified atom stereocenters. The Morgan fingerprint density at radius 1 is 1.34 bits per heavy atom. The van der Waals surface area contributed by atoms with Crippen LogP contribution in [0, 0.1) is 11.8 Å². The minimum Gasteiger partial charge on any atom is -0.480 e. The first kappa shape index (κ1) is 20.0. The molecule has 4 aliphatic rings. The number of hydrogen-bond acceptors (Lipinski definition) is 9. The van der Waals surface area contributed by atoms with E-state index in [1.165, 1.54) is 11.3 Å². The zero-order valence-corrected chi connectivity index (χ0v) is 18.6. The predicted octanol–water partition coefficient (Wildman–Crippen LogP) is 1.96. The van der Waals surface area contributed by atoms with Crippen LogP contribution in [0.4, 0.5) is 0 Å². The molecule has 0 radical (unpaired) electrons. The van der Waals surface area contributed by atoms with Gasteiger partial charge >= 0.3 is 0 Å². The molecule has 6 rings (SSSR count). The number of ether oxygens (including phenoxy) is 1. The maximum absolute atomic E-state index is 11.0. The van der Waals surface area contributed by atoms with Gasteiger partial charge in [-0.1, -0.05) is 12.1 Å². The van der Waals surface area contributed by atoms with E-state index < -0.39 is 6.10 Å². The molecule has 2 fully saturated rings. The average Bonchev–Trinajstić information content (AvgIpc) is 3.15. The molecule has 3 aliphatic heterocycles. The molecule has 0 bridgehead atoms. The number of likely N-dealkylation sites (tertiary alicyclic amines) is 1. The third-order valence-electron chi connectivity index (χ3n) is 6.76. The number of β-amino-alcohol motifs (C(OH)–C–C–N with tert-alkyl or cyclic N) is 1. The van der Waals surface area contributed by atoms with Crippen molar-refractivity contribution in [3.63, 3.8) is 0 Å². The van der Waals surface area contributed by atoms with E-state index in [2.05, 4.69) is 47.6 Å². The topological polar surface area (TPSA) is 85.8 Å². The Kier molecular flexibility index (Phi) is 5.06. The normalized spacial score (nSPS) is 26.9. The van der Waals surface area contributed by atoms with Gasteiger partial charge in [0.15, 0.2) is 0 Å². The minimum atomic E-state index is -0.601. The summed E-state index contributed by atoms with van der Waals surface area (Å²) < 4.78 is 10.5. The van der Waals surface area contributed by atoms with Crippen molar-refractivity contribution < 1.29 is 9.84 Å². The van der Waals surface area contributed by atoms with Gasteiger partial charge in [-0.25, -0.2) is 9.97 Å². The van der Waals surface area contributed by atoms with E-state index in [1.54, 1.807) is 25.4 Å².